The number of urea groups is 1. The first-order valence-corrected chi connectivity index (χ1v) is 11.4. The van der Waals surface area contributed by atoms with Crippen LogP contribution in [0.25, 0.3) is 0 Å². The smallest absolute Gasteiger partial charge is 0.315 e. The molecule has 27 heavy (non-hydrogen) atoms. The summed E-state index contributed by atoms with van der Waals surface area (Å²) >= 11 is 0. The number of likely N-dealkylation sites (tertiary alicyclic amines) is 1. The van der Waals surface area contributed by atoms with Gasteiger partial charge in [-0.3, -0.25) is 4.90 Å². The van der Waals surface area contributed by atoms with E-state index in [0.29, 0.717) is 12.3 Å². The number of nitrogens with zero attached hydrogens (tertiary/aromatic N) is 1. The lowest BCUT2D eigenvalue weighted by atomic mass is 10.0. The van der Waals surface area contributed by atoms with Crippen LogP contribution in [-0.2, 0) is 16.3 Å². The second-order valence-corrected chi connectivity index (χ2v) is 9.59. The maximum Gasteiger partial charge on any atom is 0.315 e. The Morgan fingerprint density at radius 2 is 1.89 bits per heavy atom. The Hall–Kier alpha value is -1.80. The number of methoxy groups -OCH3 is 1. The summed E-state index contributed by atoms with van der Waals surface area (Å²) in [5.41, 5.74) is 1.15. The first-order valence-electron chi connectivity index (χ1n) is 9.57. The van der Waals surface area contributed by atoms with E-state index < -0.39 is 9.84 Å². The fourth-order valence-electron chi connectivity index (χ4n) is 3.82. The van der Waals surface area contributed by atoms with Crippen LogP contribution in [-0.4, -0.2) is 69.7 Å². The molecule has 0 spiro atoms. The van der Waals surface area contributed by atoms with E-state index >= 15 is 0 Å². The molecule has 2 aliphatic rings. The van der Waals surface area contributed by atoms with Gasteiger partial charge >= 0.3 is 6.03 Å². The topological polar surface area (TPSA) is 87.7 Å². The van der Waals surface area contributed by atoms with Gasteiger partial charge in [0.05, 0.1) is 18.6 Å². The molecular formula is C19H29N3O4S. The maximum absolute atomic E-state index is 12.1. The second-order valence-electron chi connectivity index (χ2n) is 7.37. The second kappa shape index (κ2) is 8.93. The molecule has 150 valence electrons. The summed E-state index contributed by atoms with van der Waals surface area (Å²) in [5.74, 6) is 1.43. The van der Waals surface area contributed by atoms with Gasteiger partial charge in [-0.15, -0.1) is 0 Å². The third kappa shape index (κ3) is 5.84. The largest absolute Gasteiger partial charge is 0.497 e. The summed E-state index contributed by atoms with van der Waals surface area (Å²) in [5, 5.41) is 5.95. The zero-order valence-corrected chi connectivity index (χ0v) is 16.6. The number of carbonyl (C=O) groups excluding carboxylic acids is 1. The molecule has 1 aromatic rings. The van der Waals surface area contributed by atoms with E-state index in [1.54, 1.807) is 7.11 Å². The molecule has 2 fully saturated rings. The van der Waals surface area contributed by atoms with Crippen molar-refractivity contribution in [2.45, 2.75) is 37.8 Å². The summed E-state index contributed by atoms with van der Waals surface area (Å²) in [6, 6.07) is 8.01. The summed E-state index contributed by atoms with van der Waals surface area (Å²) in [4.78, 5) is 14.4. The molecule has 0 aromatic heterocycles. The van der Waals surface area contributed by atoms with Gasteiger partial charge in [0.15, 0.2) is 9.84 Å². The number of rotatable bonds is 6. The standard InChI is InChI=1S/C19H29N3O4S/c1-26-18-4-2-15(3-5-18)6-10-20-19(23)21-16-7-11-22(12-8-16)17-9-13-27(24,25)14-17/h2-5,16-17H,6-14H2,1H3,(H2,20,21,23). The molecule has 3 rings (SSSR count). The maximum atomic E-state index is 12.1. The van der Waals surface area contributed by atoms with E-state index in [0.717, 1.165) is 50.1 Å². The van der Waals surface area contributed by atoms with Gasteiger partial charge in [0.2, 0.25) is 0 Å². The Kier molecular flexibility index (Phi) is 6.59. The number of ether oxygens (including phenoxy) is 1. The summed E-state index contributed by atoms with van der Waals surface area (Å²) in [6.45, 7) is 2.27. The van der Waals surface area contributed by atoms with Crippen molar-refractivity contribution in [3.63, 3.8) is 0 Å². The molecule has 2 saturated heterocycles. The number of nitrogens with one attached hydrogen (secondary N) is 2. The Morgan fingerprint density at radius 3 is 2.48 bits per heavy atom. The fourth-order valence-corrected chi connectivity index (χ4v) is 5.58. The van der Waals surface area contributed by atoms with E-state index in [9.17, 15) is 13.2 Å². The number of piperidine rings is 1. The normalized spacial score (nSPS) is 23.1. The molecule has 2 heterocycles. The van der Waals surface area contributed by atoms with Crippen molar-refractivity contribution in [1.29, 1.82) is 0 Å². The molecule has 1 aromatic carbocycles. The summed E-state index contributed by atoms with van der Waals surface area (Å²) in [6.07, 6.45) is 3.24. The third-order valence-corrected chi connectivity index (χ3v) is 7.20. The predicted molar refractivity (Wildman–Crippen MR) is 105 cm³/mol. The van der Waals surface area contributed by atoms with Crippen LogP contribution in [0.1, 0.15) is 24.8 Å². The van der Waals surface area contributed by atoms with Crippen molar-refractivity contribution in [3.8, 4) is 5.75 Å². The number of carbonyl (C=O) groups is 1. The number of amides is 2. The van der Waals surface area contributed by atoms with Gasteiger partial charge < -0.3 is 15.4 Å². The lowest BCUT2D eigenvalue weighted by Gasteiger charge is -2.35. The van der Waals surface area contributed by atoms with E-state index in [2.05, 4.69) is 15.5 Å². The van der Waals surface area contributed by atoms with Crippen molar-refractivity contribution < 1.29 is 17.9 Å². The molecule has 7 nitrogen and oxygen atoms in total. The minimum absolute atomic E-state index is 0.134. The summed E-state index contributed by atoms with van der Waals surface area (Å²) < 4.78 is 28.4. The molecule has 0 aliphatic carbocycles. The SMILES string of the molecule is COc1ccc(CCNC(=O)NC2CCN(C3CCS(=O)(=O)C3)CC2)cc1. The van der Waals surface area contributed by atoms with E-state index in [1.807, 2.05) is 24.3 Å². The highest BCUT2D eigenvalue weighted by Gasteiger charge is 2.34. The Morgan fingerprint density at radius 1 is 1.19 bits per heavy atom. The van der Waals surface area contributed by atoms with Gasteiger partial charge in [-0.05, 0) is 43.4 Å². The van der Waals surface area contributed by atoms with Crippen molar-refractivity contribution >= 4 is 15.9 Å². The molecule has 2 N–H and O–H groups in total. The third-order valence-electron chi connectivity index (χ3n) is 5.45. The van der Waals surface area contributed by atoms with E-state index in [1.165, 1.54) is 0 Å². The number of hydrogen-bond acceptors (Lipinski definition) is 5. The average molecular weight is 396 g/mol. The van der Waals surface area contributed by atoms with Gasteiger partial charge in [0.25, 0.3) is 0 Å². The predicted octanol–water partition coefficient (Wildman–Crippen LogP) is 1.19. The Balaban J connectivity index is 1.33. The zero-order valence-electron chi connectivity index (χ0n) is 15.8. The molecule has 1 atom stereocenters. The van der Waals surface area contributed by atoms with Crippen LogP contribution in [0.5, 0.6) is 5.75 Å². The highest BCUT2D eigenvalue weighted by Crippen LogP contribution is 2.21. The quantitative estimate of drug-likeness (QED) is 0.755. The fraction of sp³-hybridized carbons (Fsp3) is 0.632. The van der Waals surface area contributed by atoms with Crippen molar-refractivity contribution in [2.75, 3.05) is 38.2 Å². The molecule has 2 amide bonds. The average Bonchev–Trinajstić information content (AvgIpc) is 3.03. The van der Waals surface area contributed by atoms with Crippen LogP contribution in [0.4, 0.5) is 4.79 Å². The number of benzene rings is 1. The van der Waals surface area contributed by atoms with E-state index in [4.69, 9.17) is 4.74 Å². The van der Waals surface area contributed by atoms with Crippen LogP contribution in [0.15, 0.2) is 24.3 Å². The Labute approximate surface area is 161 Å². The monoisotopic (exact) mass is 395 g/mol. The van der Waals surface area contributed by atoms with Gasteiger partial charge in [-0.2, -0.15) is 0 Å². The minimum Gasteiger partial charge on any atom is -0.497 e. The van der Waals surface area contributed by atoms with E-state index in [-0.39, 0.29) is 23.9 Å². The molecule has 2 aliphatic heterocycles. The Bertz CT molecular complexity index is 728. The molecule has 8 heteroatoms. The zero-order chi connectivity index (χ0) is 19.3. The van der Waals surface area contributed by atoms with Gasteiger partial charge in [0.1, 0.15) is 5.75 Å². The molecule has 0 radical (unpaired) electrons. The lowest BCUT2D eigenvalue weighted by molar-refractivity contribution is 0.155. The highest BCUT2D eigenvalue weighted by molar-refractivity contribution is 7.91. The van der Waals surface area contributed by atoms with Crippen LogP contribution >= 0.6 is 0 Å². The molecule has 0 bridgehead atoms. The first-order chi connectivity index (χ1) is 12.9. The minimum atomic E-state index is -2.84. The molecular weight excluding hydrogens is 366 g/mol. The molecule has 0 saturated carbocycles. The van der Waals surface area contributed by atoms with Crippen molar-refractivity contribution in [1.82, 2.24) is 15.5 Å². The first kappa shape index (κ1) is 19.9. The molecule has 1 unspecified atom stereocenters. The lowest BCUT2D eigenvalue weighted by Crippen LogP contribution is -2.50. The number of hydrogen-bond donors (Lipinski definition) is 2. The van der Waals surface area contributed by atoms with Crippen molar-refractivity contribution in [3.05, 3.63) is 29.8 Å². The van der Waals surface area contributed by atoms with Crippen LogP contribution in [0.2, 0.25) is 0 Å². The number of sulfone groups is 1. The summed E-state index contributed by atoms with van der Waals surface area (Å²) in [7, 11) is -1.20. The van der Waals surface area contributed by atoms with Crippen LogP contribution < -0.4 is 15.4 Å². The van der Waals surface area contributed by atoms with Crippen LogP contribution in [0, 0.1) is 0 Å². The van der Waals surface area contributed by atoms with Crippen molar-refractivity contribution in [2.24, 2.45) is 0 Å². The van der Waals surface area contributed by atoms with Gasteiger partial charge in [0, 0.05) is 31.7 Å². The van der Waals surface area contributed by atoms with Gasteiger partial charge in [-0.1, -0.05) is 12.1 Å². The van der Waals surface area contributed by atoms with Crippen LogP contribution in [0.3, 0.4) is 0 Å². The highest BCUT2D eigenvalue weighted by atomic mass is 32.2. The van der Waals surface area contributed by atoms with Gasteiger partial charge in [-0.25, -0.2) is 13.2 Å².